The molecule has 6 heteroatoms. The highest BCUT2D eigenvalue weighted by atomic mass is 127. The maximum Gasteiger partial charge on any atom is 0.191 e. The van der Waals surface area contributed by atoms with Crippen LogP contribution in [0.2, 0.25) is 0 Å². The van der Waals surface area contributed by atoms with Crippen molar-refractivity contribution in [3.63, 3.8) is 0 Å². The maximum atomic E-state index is 13.7. The van der Waals surface area contributed by atoms with Gasteiger partial charge in [0, 0.05) is 31.1 Å². The molecule has 2 atom stereocenters. The average Bonchev–Trinajstić information content (AvgIpc) is 3.13. The van der Waals surface area contributed by atoms with Gasteiger partial charge in [-0.25, -0.2) is 8.78 Å². The summed E-state index contributed by atoms with van der Waals surface area (Å²) in [5.41, 5.74) is 0.185. The second kappa shape index (κ2) is 7.91. The van der Waals surface area contributed by atoms with Crippen molar-refractivity contribution in [3.8, 4) is 0 Å². The zero-order chi connectivity index (χ0) is 14.7. The monoisotopic (exact) mass is 409 g/mol. The Morgan fingerprint density at radius 2 is 1.95 bits per heavy atom. The standard InChI is InChI=1S/C15H21F2N3.HI/c1-9(2)8-19-15(18-3)20-13-7-10(13)14-11(16)5-4-6-12(14)17;/h4-6,9-10,13H,7-8H2,1-3H3,(H2,18,19,20);1H. The van der Waals surface area contributed by atoms with Crippen LogP contribution in [0.1, 0.15) is 31.7 Å². The van der Waals surface area contributed by atoms with Crippen LogP contribution in [-0.2, 0) is 0 Å². The Balaban J connectivity index is 0.00000220. The van der Waals surface area contributed by atoms with Gasteiger partial charge < -0.3 is 10.6 Å². The van der Waals surface area contributed by atoms with Gasteiger partial charge in [-0.05, 0) is 24.5 Å². The Bertz CT molecular complexity index is 485. The van der Waals surface area contributed by atoms with Crippen LogP contribution in [0.4, 0.5) is 8.78 Å². The first-order valence-corrected chi connectivity index (χ1v) is 6.94. The molecule has 0 amide bonds. The molecule has 21 heavy (non-hydrogen) atoms. The Morgan fingerprint density at radius 1 is 1.33 bits per heavy atom. The van der Waals surface area contributed by atoms with Crippen LogP contribution in [0.3, 0.4) is 0 Å². The van der Waals surface area contributed by atoms with E-state index in [1.807, 2.05) is 0 Å². The number of halogens is 3. The zero-order valence-corrected chi connectivity index (χ0v) is 14.8. The summed E-state index contributed by atoms with van der Waals surface area (Å²) in [4.78, 5) is 4.12. The zero-order valence-electron chi connectivity index (χ0n) is 12.5. The quantitative estimate of drug-likeness (QED) is 0.455. The molecule has 0 radical (unpaired) electrons. The third-order valence-corrected chi connectivity index (χ3v) is 3.38. The predicted molar refractivity (Wildman–Crippen MR) is 92.3 cm³/mol. The molecule has 0 aromatic heterocycles. The second-order valence-corrected chi connectivity index (χ2v) is 5.58. The Labute approximate surface area is 141 Å². The van der Waals surface area contributed by atoms with Crippen molar-refractivity contribution >= 4 is 29.9 Å². The fourth-order valence-electron chi connectivity index (χ4n) is 2.21. The minimum atomic E-state index is -0.468. The number of guanidine groups is 1. The fourth-order valence-corrected chi connectivity index (χ4v) is 2.21. The lowest BCUT2D eigenvalue weighted by Gasteiger charge is -2.13. The van der Waals surface area contributed by atoms with Gasteiger partial charge in [-0.15, -0.1) is 24.0 Å². The molecule has 2 unspecified atom stereocenters. The molecule has 0 saturated heterocycles. The fraction of sp³-hybridized carbons (Fsp3) is 0.533. The van der Waals surface area contributed by atoms with Crippen molar-refractivity contribution in [1.82, 2.24) is 10.6 Å². The van der Waals surface area contributed by atoms with Crippen LogP contribution in [-0.4, -0.2) is 25.6 Å². The Kier molecular flexibility index (Phi) is 6.83. The van der Waals surface area contributed by atoms with Crippen molar-refractivity contribution in [2.24, 2.45) is 10.9 Å². The molecule has 1 aromatic rings. The van der Waals surface area contributed by atoms with Crippen LogP contribution in [0.5, 0.6) is 0 Å². The van der Waals surface area contributed by atoms with Crippen LogP contribution < -0.4 is 10.6 Å². The van der Waals surface area contributed by atoms with Gasteiger partial charge >= 0.3 is 0 Å². The molecular formula is C15H22F2IN3. The van der Waals surface area contributed by atoms with Gasteiger partial charge in [0.1, 0.15) is 11.6 Å². The molecular weight excluding hydrogens is 387 g/mol. The van der Waals surface area contributed by atoms with E-state index in [1.54, 1.807) is 7.05 Å². The number of hydrogen-bond acceptors (Lipinski definition) is 1. The molecule has 0 bridgehead atoms. The largest absolute Gasteiger partial charge is 0.356 e. The molecule has 0 aliphatic heterocycles. The summed E-state index contributed by atoms with van der Waals surface area (Å²) < 4.78 is 27.3. The minimum Gasteiger partial charge on any atom is -0.356 e. The molecule has 0 heterocycles. The van der Waals surface area contributed by atoms with E-state index in [1.165, 1.54) is 18.2 Å². The van der Waals surface area contributed by atoms with E-state index in [4.69, 9.17) is 0 Å². The smallest absolute Gasteiger partial charge is 0.191 e. The van der Waals surface area contributed by atoms with Crippen molar-refractivity contribution in [1.29, 1.82) is 0 Å². The molecule has 1 aliphatic rings. The summed E-state index contributed by atoms with van der Waals surface area (Å²) in [6, 6.07) is 4.04. The third-order valence-electron chi connectivity index (χ3n) is 3.38. The molecule has 2 N–H and O–H groups in total. The van der Waals surface area contributed by atoms with Gasteiger partial charge in [-0.1, -0.05) is 19.9 Å². The third kappa shape index (κ3) is 4.79. The van der Waals surface area contributed by atoms with Crippen LogP contribution in [0.15, 0.2) is 23.2 Å². The first-order valence-electron chi connectivity index (χ1n) is 6.94. The highest BCUT2D eigenvalue weighted by molar-refractivity contribution is 14.0. The van der Waals surface area contributed by atoms with Gasteiger partial charge in [-0.3, -0.25) is 4.99 Å². The first-order chi connectivity index (χ1) is 9.52. The molecule has 2 rings (SSSR count). The summed E-state index contributed by atoms with van der Waals surface area (Å²) in [6.45, 7) is 5.02. The maximum absolute atomic E-state index is 13.7. The highest BCUT2D eigenvalue weighted by Gasteiger charge is 2.42. The number of rotatable bonds is 4. The molecule has 1 saturated carbocycles. The van der Waals surface area contributed by atoms with E-state index in [0.29, 0.717) is 11.9 Å². The molecule has 0 spiro atoms. The van der Waals surface area contributed by atoms with E-state index < -0.39 is 11.6 Å². The van der Waals surface area contributed by atoms with E-state index in [-0.39, 0.29) is 41.5 Å². The number of aliphatic imine (C=N–C) groups is 1. The molecule has 1 aromatic carbocycles. The lowest BCUT2D eigenvalue weighted by Crippen LogP contribution is -2.40. The van der Waals surface area contributed by atoms with Crippen molar-refractivity contribution in [3.05, 3.63) is 35.4 Å². The summed E-state index contributed by atoms with van der Waals surface area (Å²) in [5.74, 6) is 0.137. The summed E-state index contributed by atoms with van der Waals surface area (Å²) >= 11 is 0. The van der Waals surface area contributed by atoms with Crippen molar-refractivity contribution in [2.45, 2.75) is 32.2 Å². The predicted octanol–water partition coefficient (Wildman–Crippen LogP) is 3.26. The van der Waals surface area contributed by atoms with E-state index >= 15 is 0 Å². The summed E-state index contributed by atoms with van der Waals surface area (Å²) in [7, 11) is 1.69. The SMILES string of the molecule is CN=C(NCC(C)C)NC1CC1c1c(F)cccc1F.I. The van der Waals surface area contributed by atoms with E-state index in [0.717, 1.165) is 13.0 Å². The number of nitrogens with one attached hydrogen (secondary N) is 2. The minimum absolute atomic E-state index is 0. The highest BCUT2D eigenvalue weighted by Crippen LogP contribution is 2.42. The average molecular weight is 409 g/mol. The lowest BCUT2D eigenvalue weighted by molar-refractivity contribution is 0.553. The number of nitrogens with zero attached hydrogens (tertiary/aromatic N) is 1. The molecule has 118 valence electrons. The Hall–Kier alpha value is -0.920. The van der Waals surface area contributed by atoms with Gasteiger partial charge in [-0.2, -0.15) is 0 Å². The summed E-state index contributed by atoms with van der Waals surface area (Å²) in [5, 5.41) is 6.40. The van der Waals surface area contributed by atoms with Crippen LogP contribution in [0, 0.1) is 17.6 Å². The van der Waals surface area contributed by atoms with Crippen molar-refractivity contribution < 1.29 is 8.78 Å². The summed E-state index contributed by atoms with van der Waals surface area (Å²) in [6.07, 6.45) is 0.722. The van der Waals surface area contributed by atoms with E-state index in [9.17, 15) is 8.78 Å². The van der Waals surface area contributed by atoms with Crippen molar-refractivity contribution in [2.75, 3.05) is 13.6 Å². The van der Waals surface area contributed by atoms with Crippen LogP contribution in [0.25, 0.3) is 0 Å². The van der Waals surface area contributed by atoms with Gasteiger partial charge in [0.15, 0.2) is 5.96 Å². The molecule has 1 fully saturated rings. The Morgan fingerprint density at radius 3 is 2.48 bits per heavy atom. The second-order valence-electron chi connectivity index (χ2n) is 5.58. The topological polar surface area (TPSA) is 36.4 Å². The van der Waals surface area contributed by atoms with Crippen LogP contribution >= 0.6 is 24.0 Å². The molecule has 3 nitrogen and oxygen atoms in total. The first kappa shape index (κ1) is 18.1. The lowest BCUT2D eigenvalue weighted by atomic mass is 10.1. The van der Waals surface area contributed by atoms with Gasteiger partial charge in [0.05, 0.1) is 0 Å². The number of benzene rings is 1. The van der Waals surface area contributed by atoms with Gasteiger partial charge in [0.2, 0.25) is 0 Å². The van der Waals surface area contributed by atoms with Gasteiger partial charge in [0.25, 0.3) is 0 Å². The van der Waals surface area contributed by atoms with E-state index in [2.05, 4.69) is 29.5 Å². The number of hydrogen-bond donors (Lipinski definition) is 2. The normalized spacial score (nSPS) is 21.0. The molecule has 1 aliphatic carbocycles.